The van der Waals surface area contributed by atoms with Gasteiger partial charge in [-0.2, -0.15) is 0 Å². The fraction of sp³-hybridized carbons (Fsp3) is 0.500. The molecule has 2 aromatic rings. The smallest absolute Gasteiger partial charge is 0.228 e. The highest BCUT2D eigenvalue weighted by Gasteiger charge is 2.25. The summed E-state index contributed by atoms with van der Waals surface area (Å²) in [6.45, 7) is 3.15. The number of likely N-dealkylation sites (tertiary alicyclic amines) is 1. The standard InChI is InChI=1S/C20H25ClN4O4/c1-13-16(24-29-23-13)11-20(27)25-9-3-4-14(12-25)5-8-19(26)22-17-10-15(21)6-7-18(17)28-2/h6-7,10,14H,3-5,8-9,11-12H2,1-2H3,(H,22,26). The van der Waals surface area contributed by atoms with Gasteiger partial charge in [-0.1, -0.05) is 21.9 Å². The minimum atomic E-state index is -0.0988. The van der Waals surface area contributed by atoms with Crippen LogP contribution < -0.4 is 10.1 Å². The molecule has 2 heterocycles. The van der Waals surface area contributed by atoms with Crippen molar-refractivity contribution in [3.63, 3.8) is 0 Å². The topological polar surface area (TPSA) is 97.6 Å². The van der Waals surface area contributed by atoms with Crippen LogP contribution in [0.3, 0.4) is 0 Å². The number of piperidine rings is 1. The molecule has 2 amide bonds. The van der Waals surface area contributed by atoms with Gasteiger partial charge in [0.05, 0.1) is 19.2 Å². The summed E-state index contributed by atoms with van der Waals surface area (Å²) in [5.74, 6) is 0.769. The summed E-state index contributed by atoms with van der Waals surface area (Å²) in [6.07, 6.45) is 3.20. The van der Waals surface area contributed by atoms with Gasteiger partial charge in [-0.3, -0.25) is 9.59 Å². The Morgan fingerprint density at radius 1 is 1.38 bits per heavy atom. The lowest BCUT2D eigenvalue weighted by molar-refractivity contribution is -0.132. The van der Waals surface area contributed by atoms with E-state index in [0.717, 1.165) is 19.4 Å². The van der Waals surface area contributed by atoms with Crippen molar-refractivity contribution in [3.05, 3.63) is 34.6 Å². The molecule has 1 atom stereocenters. The zero-order chi connectivity index (χ0) is 20.8. The molecule has 1 saturated heterocycles. The van der Waals surface area contributed by atoms with Crippen molar-refractivity contribution >= 4 is 29.1 Å². The van der Waals surface area contributed by atoms with E-state index in [0.29, 0.717) is 47.2 Å². The molecule has 29 heavy (non-hydrogen) atoms. The molecule has 1 aromatic carbocycles. The van der Waals surface area contributed by atoms with Crippen LogP contribution in [0.5, 0.6) is 5.75 Å². The number of aromatic nitrogens is 2. The summed E-state index contributed by atoms with van der Waals surface area (Å²) in [5, 5.41) is 10.9. The third-order valence-corrected chi connectivity index (χ3v) is 5.39. The number of nitrogens with one attached hydrogen (secondary N) is 1. The summed E-state index contributed by atoms with van der Waals surface area (Å²) >= 11 is 6.00. The minimum absolute atomic E-state index is 0.0154. The highest BCUT2D eigenvalue weighted by atomic mass is 35.5. The van der Waals surface area contributed by atoms with Crippen molar-refractivity contribution in [3.8, 4) is 5.75 Å². The molecule has 1 aromatic heterocycles. The van der Waals surface area contributed by atoms with E-state index in [1.54, 1.807) is 32.2 Å². The first-order chi connectivity index (χ1) is 14.0. The van der Waals surface area contributed by atoms with Crippen molar-refractivity contribution in [2.75, 3.05) is 25.5 Å². The first kappa shape index (κ1) is 21.1. The highest BCUT2D eigenvalue weighted by Crippen LogP contribution is 2.28. The Kier molecular flexibility index (Phi) is 7.09. The van der Waals surface area contributed by atoms with Gasteiger partial charge in [-0.25, -0.2) is 4.63 Å². The van der Waals surface area contributed by atoms with E-state index < -0.39 is 0 Å². The molecule has 0 aliphatic carbocycles. The molecule has 0 bridgehead atoms. The molecule has 1 fully saturated rings. The number of hydrogen-bond acceptors (Lipinski definition) is 6. The van der Waals surface area contributed by atoms with E-state index in [1.165, 1.54) is 0 Å². The summed E-state index contributed by atoms with van der Waals surface area (Å²) in [4.78, 5) is 26.8. The van der Waals surface area contributed by atoms with Gasteiger partial charge in [0.2, 0.25) is 11.8 Å². The molecule has 1 aliphatic rings. The second kappa shape index (κ2) is 9.73. The number of hydrogen-bond donors (Lipinski definition) is 1. The van der Waals surface area contributed by atoms with E-state index in [4.69, 9.17) is 16.3 Å². The largest absolute Gasteiger partial charge is 0.495 e. The number of rotatable bonds is 7. The summed E-state index contributed by atoms with van der Waals surface area (Å²) in [5.41, 5.74) is 1.77. The predicted octanol–water partition coefficient (Wildman–Crippen LogP) is 3.24. The van der Waals surface area contributed by atoms with Crippen molar-refractivity contribution in [2.45, 2.75) is 39.0 Å². The van der Waals surface area contributed by atoms with Gasteiger partial charge in [-0.05, 0) is 50.3 Å². The lowest BCUT2D eigenvalue weighted by Crippen LogP contribution is -2.41. The van der Waals surface area contributed by atoms with Gasteiger partial charge in [0.15, 0.2) is 0 Å². The molecular weight excluding hydrogens is 396 g/mol. The Balaban J connectivity index is 1.49. The monoisotopic (exact) mass is 420 g/mol. The van der Waals surface area contributed by atoms with Crippen LogP contribution >= 0.6 is 11.6 Å². The Bertz CT molecular complexity index is 870. The number of carbonyl (C=O) groups is 2. The first-order valence-corrected chi connectivity index (χ1v) is 10.0. The van der Waals surface area contributed by atoms with E-state index in [-0.39, 0.29) is 24.2 Å². The molecule has 3 rings (SSSR count). The molecule has 8 nitrogen and oxygen atoms in total. The van der Waals surface area contributed by atoms with E-state index in [1.807, 2.05) is 4.90 Å². The predicted molar refractivity (Wildman–Crippen MR) is 108 cm³/mol. The zero-order valence-corrected chi connectivity index (χ0v) is 17.4. The number of benzene rings is 1. The summed E-state index contributed by atoms with van der Waals surface area (Å²) in [6, 6.07) is 5.09. The number of halogens is 1. The van der Waals surface area contributed by atoms with Crippen LogP contribution in [0, 0.1) is 12.8 Å². The molecule has 156 valence electrons. The highest BCUT2D eigenvalue weighted by molar-refractivity contribution is 6.31. The second-order valence-corrected chi connectivity index (χ2v) is 7.69. The maximum absolute atomic E-state index is 12.6. The molecule has 0 saturated carbocycles. The van der Waals surface area contributed by atoms with Crippen LogP contribution in [0.4, 0.5) is 5.69 Å². The lowest BCUT2D eigenvalue weighted by atomic mass is 9.93. The van der Waals surface area contributed by atoms with E-state index in [9.17, 15) is 9.59 Å². The second-order valence-electron chi connectivity index (χ2n) is 7.25. The normalized spacial score (nSPS) is 16.5. The van der Waals surface area contributed by atoms with Crippen LogP contribution in [0.15, 0.2) is 22.8 Å². The molecular formula is C20H25ClN4O4. The van der Waals surface area contributed by atoms with Crippen molar-refractivity contribution in [1.82, 2.24) is 15.2 Å². The number of aryl methyl sites for hydroxylation is 1. The van der Waals surface area contributed by atoms with Crippen molar-refractivity contribution < 1.29 is 19.0 Å². The quantitative estimate of drug-likeness (QED) is 0.738. The Hall–Kier alpha value is -2.61. The Morgan fingerprint density at radius 3 is 2.93 bits per heavy atom. The molecule has 1 unspecified atom stereocenters. The van der Waals surface area contributed by atoms with Gasteiger partial charge in [0, 0.05) is 24.5 Å². The minimum Gasteiger partial charge on any atom is -0.495 e. The first-order valence-electron chi connectivity index (χ1n) is 9.65. The van der Waals surface area contributed by atoms with Gasteiger partial charge < -0.3 is 15.0 Å². The van der Waals surface area contributed by atoms with Crippen LogP contribution in [0.2, 0.25) is 5.02 Å². The molecule has 0 spiro atoms. The average Bonchev–Trinajstić information content (AvgIpc) is 3.11. The number of amides is 2. The Labute approximate surface area is 174 Å². The lowest BCUT2D eigenvalue weighted by Gasteiger charge is -2.32. The fourth-order valence-corrected chi connectivity index (χ4v) is 3.69. The van der Waals surface area contributed by atoms with Crippen LogP contribution in [0.25, 0.3) is 0 Å². The SMILES string of the molecule is COc1ccc(Cl)cc1NC(=O)CCC1CCCN(C(=O)Cc2nonc2C)C1. The molecule has 1 N–H and O–H groups in total. The average molecular weight is 421 g/mol. The third kappa shape index (κ3) is 5.69. The Morgan fingerprint density at radius 2 is 2.21 bits per heavy atom. The fourth-order valence-electron chi connectivity index (χ4n) is 3.52. The molecule has 0 radical (unpaired) electrons. The third-order valence-electron chi connectivity index (χ3n) is 5.15. The van der Waals surface area contributed by atoms with Gasteiger partial charge in [0.1, 0.15) is 17.1 Å². The van der Waals surface area contributed by atoms with Crippen molar-refractivity contribution in [2.24, 2.45) is 5.92 Å². The number of ether oxygens (including phenoxy) is 1. The van der Waals surface area contributed by atoms with Crippen LogP contribution in [0.1, 0.15) is 37.1 Å². The number of methoxy groups -OCH3 is 1. The number of anilines is 1. The van der Waals surface area contributed by atoms with Gasteiger partial charge in [-0.15, -0.1) is 0 Å². The molecule has 1 aliphatic heterocycles. The number of nitrogens with zero attached hydrogens (tertiary/aromatic N) is 3. The molecule has 9 heteroatoms. The van der Waals surface area contributed by atoms with Crippen LogP contribution in [-0.2, 0) is 16.0 Å². The summed E-state index contributed by atoms with van der Waals surface area (Å²) in [7, 11) is 1.54. The number of carbonyl (C=O) groups excluding carboxylic acids is 2. The maximum atomic E-state index is 12.6. The van der Waals surface area contributed by atoms with E-state index >= 15 is 0 Å². The summed E-state index contributed by atoms with van der Waals surface area (Å²) < 4.78 is 9.91. The maximum Gasteiger partial charge on any atom is 0.228 e. The zero-order valence-electron chi connectivity index (χ0n) is 16.6. The van der Waals surface area contributed by atoms with Gasteiger partial charge >= 0.3 is 0 Å². The van der Waals surface area contributed by atoms with Gasteiger partial charge in [0.25, 0.3) is 0 Å². The van der Waals surface area contributed by atoms with Crippen LogP contribution in [-0.4, -0.2) is 47.2 Å². The van der Waals surface area contributed by atoms with E-state index in [2.05, 4.69) is 20.3 Å². The van der Waals surface area contributed by atoms with Crippen molar-refractivity contribution in [1.29, 1.82) is 0 Å².